The Bertz CT molecular complexity index is 295. The molecule has 2 nitrogen and oxygen atoms in total. The van der Waals surface area contributed by atoms with E-state index in [1.165, 1.54) is 11.1 Å². The molecule has 0 saturated carbocycles. The van der Waals surface area contributed by atoms with Gasteiger partial charge in [-0.2, -0.15) is 0 Å². The molecule has 1 aliphatic rings. The average Bonchev–Trinajstić information content (AvgIpc) is 2.59. The van der Waals surface area contributed by atoms with Crippen LogP contribution in [0, 0.1) is 0 Å². The van der Waals surface area contributed by atoms with E-state index in [2.05, 4.69) is 48.3 Å². The standard InChI is InChI=1S/C13H20N2/c1-11(2)14-7-8-15-9-12-5-3-4-6-13(12)10-15/h3-6,11,14H,7-10H2,1-2H3. The molecule has 1 heterocycles. The third-order valence-electron chi connectivity index (χ3n) is 2.89. The highest BCUT2D eigenvalue weighted by molar-refractivity contribution is 5.30. The Balaban J connectivity index is 1.80. The lowest BCUT2D eigenvalue weighted by atomic mass is 10.1. The lowest BCUT2D eigenvalue weighted by Crippen LogP contribution is -2.32. The Hall–Kier alpha value is -0.860. The van der Waals surface area contributed by atoms with Crippen molar-refractivity contribution in [1.29, 1.82) is 0 Å². The SMILES string of the molecule is CC(C)NCCN1Cc2ccccc2C1. The number of hydrogen-bond donors (Lipinski definition) is 1. The molecule has 1 aromatic rings. The zero-order chi connectivity index (χ0) is 10.7. The molecule has 0 fully saturated rings. The molecular formula is C13H20N2. The Kier molecular flexibility index (Phi) is 3.39. The molecule has 0 aliphatic carbocycles. The summed E-state index contributed by atoms with van der Waals surface area (Å²) in [6.07, 6.45) is 0. The van der Waals surface area contributed by atoms with Gasteiger partial charge in [0, 0.05) is 32.2 Å². The summed E-state index contributed by atoms with van der Waals surface area (Å²) >= 11 is 0. The van der Waals surface area contributed by atoms with Crippen LogP contribution in [-0.2, 0) is 13.1 Å². The van der Waals surface area contributed by atoms with Crippen LogP contribution in [-0.4, -0.2) is 24.0 Å². The van der Waals surface area contributed by atoms with E-state index in [9.17, 15) is 0 Å². The van der Waals surface area contributed by atoms with Crippen LogP contribution in [0.3, 0.4) is 0 Å². The van der Waals surface area contributed by atoms with Crippen molar-refractivity contribution in [3.8, 4) is 0 Å². The van der Waals surface area contributed by atoms with Gasteiger partial charge in [0.05, 0.1) is 0 Å². The van der Waals surface area contributed by atoms with E-state index < -0.39 is 0 Å². The van der Waals surface area contributed by atoms with Gasteiger partial charge in [-0.25, -0.2) is 0 Å². The molecule has 0 radical (unpaired) electrons. The molecule has 0 amide bonds. The van der Waals surface area contributed by atoms with E-state index in [4.69, 9.17) is 0 Å². The fourth-order valence-electron chi connectivity index (χ4n) is 2.07. The Morgan fingerprint density at radius 3 is 2.33 bits per heavy atom. The molecule has 15 heavy (non-hydrogen) atoms. The van der Waals surface area contributed by atoms with Crippen molar-refractivity contribution in [1.82, 2.24) is 10.2 Å². The minimum absolute atomic E-state index is 0.593. The van der Waals surface area contributed by atoms with Gasteiger partial charge >= 0.3 is 0 Å². The van der Waals surface area contributed by atoms with Gasteiger partial charge in [-0.3, -0.25) is 4.90 Å². The van der Waals surface area contributed by atoms with Gasteiger partial charge in [-0.15, -0.1) is 0 Å². The van der Waals surface area contributed by atoms with E-state index in [1.807, 2.05) is 0 Å². The number of nitrogens with one attached hydrogen (secondary N) is 1. The molecule has 82 valence electrons. The topological polar surface area (TPSA) is 15.3 Å². The molecule has 0 saturated heterocycles. The number of nitrogens with zero attached hydrogens (tertiary/aromatic N) is 1. The minimum Gasteiger partial charge on any atom is -0.313 e. The summed E-state index contributed by atoms with van der Waals surface area (Å²) in [6, 6.07) is 9.34. The van der Waals surface area contributed by atoms with Crippen molar-refractivity contribution >= 4 is 0 Å². The first-order chi connectivity index (χ1) is 7.25. The fourth-order valence-corrected chi connectivity index (χ4v) is 2.07. The lowest BCUT2D eigenvalue weighted by molar-refractivity contribution is 0.280. The highest BCUT2D eigenvalue weighted by atomic mass is 15.2. The number of fused-ring (bicyclic) bond motifs is 1. The van der Waals surface area contributed by atoms with Crippen molar-refractivity contribution in [2.45, 2.75) is 33.0 Å². The fraction of sp³-hybridized carbons (Fsp3) is 0.538. The summed E-state index contributed by atoms with van der Waals surface area (Å²) in [4.78, 5) is 2.50. The highest BCUT2D eigenvalue weighted by Gasteiger charge is 2.17. The highest BCUT2D eigenvalue weighted by Crippen LogP contribution is 2.21. The smallest absolute Gasteiger partial charge is 0.0241 e. The minimum atomic E-state index is 0.593. The maximum absolute atomic E-state index is 3.46. The maximum atomic E-state index is 3.46. The molecule has 0 spiro atoms. The third kappa shape index (κ3) is 2.80. The predicted molar refractivity (Wildman–Crippen MR) is 63.7 cm³/mol. The first kappa shape index (κ1) is 10.7. The van der Waals surface area contributed by atoms with Crippen LogP contribution in [0.1, 0.15) is 25.0 Å². The average molecular weight is 204 g/mol. The second-order valence-corrected chi connectivity index (χ2v) is 4.59. The number of hydrogen-bond acceptors (Lipinski definition) is 2. The van der Waals surface area contributed by atoms with Gasteiger partial charge in [0.15, 0.2) is 0 Å². The summed E-state index contributed by atoms with van der Waals surface area (Å²) in [5, 5.41) is 3.46. The molecule has 0 unspecified atom stereocenters. The Morgan fingerprint density at radius 2 is 1.80 bits per heavy atom. The Morgan fingerprint density at radius 1 is 1.20 bits per heavy atom. The van der Waals surface area contributed by atoms with E-state index >= 15 is 0 Å². The molecule has 1 aliphatic heterocycles. The van der Waals surface area contributed by atoms with Crippen LogP contribution in [0.5, 0.6) is 0 Å². The first-order valence-corrected chi connectivity index (χ1v) is 5.78. The second-order valence-electron chi connectivity index (χ2n) is 4.59. The van der Waals surface area contributed by atoms with Gasteiger partial charge in [0.1, 0.15) is 0 Å². The zero-order valence-electron chi connectivity index (χ0n) is 9.66. The van der Waals surface area contributed by atoms with Gasteiger partial charge in [-0.05, 0) is 11.1 Å². The summed E-state index contributed by atoms with van der Waals surface area (Å²) < 4.78 is 0. The van der Waals surface area contributed by atoms with E-state index in [-0.39, 0.29) is 0 Å². The van der Waals surface area contributed by atoms with Gasteiger partial charge < -0.3 is 5.32 Å². The molecule has 0 atom stereocenters. The van der Waals surface area contributed by atoms with Crippen molar-refractivity contribution in [3.63, 3.8) is 0 Å². The molecule has 0 aromatic heterocycles. The predicted octanol–water partition coefficient (Wildman–Crippen LogP) is 2.00. The van der Waals surface area contributed by atoms with Crippen LogP contribution in [0.25, 0.3) is 0 Å². The van der Waals surface area contributed by atoms with Crippen molar-refractivity contribution in [2.24, 2.45) is 0 Å². The normalized spacial score (nSPS) is 15.9. The van der Waals surface area contributed by atoms with Crippen LogP contribution >= 0.6 is 0 Å². The quantitative estimate of drug-likeness (QED) is 0.807. The van der Waals surface area contributed by atoms with E-state index in [0.29, 0.717) is 6.04 Å². The van der Waals surface area contributed by atoms with Gasteiger partial charge in [0.25, 0.3) is 0 Å². The van der Waals surface area contributed by atoms with Crippen molar-refractivity contribution in [3.05, 3.63) is 35.4 Å². The summed E-state index contributed by atoms with van der Waals surface area (Å²) in [6.45, 7) is 8.86. The molecule has 0 bridgehead atoms. The first-order valence-electron chi connectivity index (χ1n) is 5.78. The number of benzene rings is 1. The van der Waals surface area contributed by atoms with E-state index in [0.717, 1.165) is 26.2 Å². The van der Waals surface area contributed by atoms with Gasteiger partial charge in [0.2, 0.25) is 0 Å². The van der Waals surface area contributed by atoms with Crippen molar-refractivity contribution in [2.75, 3.05) is 13.1 Å². The molecule has 1 N–H and O–H groups in total. The number of rotatable bonds is 4. The monoisotopic (exact) mass is 204 g/mol. The largest absolute Gasteiger partial charge is 0.313 e. The van der Waals surface area contributed by atoms with Crippen LogP contribution in [0.4, 0.5) is 0 Å². The van der Waals surface area contributed by atoms with Crippen LogP contribution in [0.15, 0.2) is 24.3 Å². The van der Waals surface area contributed by atoms with Crippen LogP contribution in [0.2, 0.25) is 0 Å². The molecule has 2 rings (SSSR count). The zero-order valence-corrected chi connectivity index (χ0v) is 9.66. The third-order valence-corrected chi connectivity index (χ3v) is 2.89. The summed E-state index contributed by atoms with van der Waals surface area (Å²) in [5.74, 6) is 0. The molecule has 1 aromatic carbocycles. The van der Waals surface area contributed by atoms with E-state index in [1.54, 1.807) is 0 Å². The summed E-state index contributed by atoms with van der Waals surface area (Å²) in [5.41, 5.74) is 3.00. The maximum Gasteiger partial charge on any atom is 0.0241 e. The Labute approximate surface area is 92.3 Å². The van der Waals surface area contributed by atoms with Gasteiger partial charge in [-0.1, -0.05) is 38.1 Å². The molecule has 2 heteroatoms. The lowest BCUT2D eigenvalue weighted by Gasteiger charge is -2.16. The molecular weight excluding hydrogens is 184 g/mol. The second kappa shape index (κ2) is 4.77. The summed E-state index contributed by atoms with van der Waals surface area (Å²) in [7, 11) is 0. The van der Waals surface area contributed by atoms with Crippen molar-refractivity contribution < 1.29 is 0 Å². The van der Waals surface area contributed by atoms with Crippen LogP contribution < -0.4 is 5.32 Å².